The first-order valence-electron chi connectivity index (χ1n) is 10.8. The average molecular weight is 431 g/mol. The number of rotatable bonds is 9. The molecule has 0 spiro atoms. The van der Waals surface area contributed by atoms with Crippen molar-refractivity contribution in [3.8, 4) is 5.75 Å². The predicted molar refractivity (Wildman–Crippen MR) is 122 cm³/mol. The molecule has 1 aliphatic heterocycles. The standard InChI is InChI=1S/C24H34N2O3S/c1-17(2)13-25(14-19(4)27)15-24(28)26-11-9-23-20(10-12-30-23)21(26)16-29-22-8-6-5-7-18(22)3/h5-8,10,12,17,19,21,27H,9,11,13-16H2,1-4H3/t19-,21+/m1/s1. The highest BCUT2D eigenvalue weighted by Crippen LogP contribution is 2.34. The molecular weight excluding hydrogens is 396 g/mol. The molecule has 1 aromatic heterocycles. The van der Waals surface area contributed by atoms with E-state index in [0.717, 1.165) is 24.3 Å². The highest BCUT2D eigenvalue weighted by atomic mass is 32.1. The Labute approximate surface area is 184 Å². The Morgan fingerprint density at radius 2 is 2.03 bits per heavy atom. The molecule has 164 valence electrons. The Morgan fingerprint density at radius 3 is 2.73 bits per heavy atom. The van der Waals surface area contributed by atoms with Crippen molar-refractivity contribution in [3.05, 3.63) is 51.7 Å². The lowest BCUT2D eigenvalue weighted by Gasteiger charge is -2.37. The third kappa shape index (κ3) is 5.84. The third-order valence-electron chi connectivity index (χ3n) is 5.41. The maximum atomic E-state index is 13.3. The van der Waals surface area contributed by atoms with Gasteiger partial charge in [0.2, 0.25) is 5.91 Å². The van der Waals surface area contributed by atoms with E-state index in [1.807, 2.05) is 36.1 Å². The molecule has 5 nitrogen and oxygen atoms in total. The number of aliphatic hydroxyl groups is 1. The van der Waals surface area contributed by atoms with Crippen LogP contribution in [0.1, 0.15) is 42.8 Å². The van der Waals surface area contributed by atoms with Crippen LogP contribution in [0.3, 0.4) is 0 Å². The maximum Gasteiger partial charge on any atom is 0.237 e. The summed E-state index contributed by atoms with van der Waals surface area (Å²) in [6.45, 7) is 10.9. The molecule has 30 heavy (non-hydrogen) atoms. The van der Waals surface area contributed by atoms with Gasteiger partial charge in [0.05, 0.1) is 18.7 Å². The number of amides is 1. The van der Waals surface area contributed by atoms with E-state index >= 15 is 0 Å². The lowest BCUT2D eigenvalue weighted by Crippen LogP contribution is -2.48. The fraction of sp³-hybridized carbons (Fsp3) is 0.542. The molecule has 0 unspecified atom stereocenters. The zero-order valence-electron chi connectivity index (χ0n) is 18.5. The van der Waals surface area contributed by atoms with Crippen LogP contribution in [0.15, 0.2) is 35.7 Å². The number of para-hydroxylation sites is 1. The van der Waals surface area contributed by atoms with Crippen LogP contribution in [0.5, 0.6) is 5.75 Å². The number of thiophene rings is 1. The summed E-state index contributed by atoms with van der Waals surface area (Å²) < 4.78 is 6.17. The zero-order valence-corrected chi connectivity index (χ0v) is 19.3. The zero-order chi connectivity index (χ0) is 21.7. The van der Waals surface area contributed by atoms with Gasteiger partial charge >= 0.3 is 0 Å². The van der Waals surface area contributed by atoms with Gasteiger partial charge in [-0.15, -0.1) is 11.3 Å². The van der Waals surface area contributed by atoms with Crippen molar-refractivity contribution < 1.29 is 14.6 Å². The quantitative estimate of drug-likeness (QED) is 0.656. The number of hydrogen-bond donors (Lipinski definition) is 1. The van der Waals surface area contributed by atoms with Crippen LogP contribution < -0.4 is 4.74 Å². The van der Waals surface area contributed by atoms with E-state index in [4.69, 9.17) is 4.74 Å². The van der Waals surface area contributed by atoms with Crippen LogP contribution >= 0.6 is 11.3 Å². The van der Waals surface area contributed by atoms with E-state index in [1.54, 1.807) is 18.3 Å². The summed E-state index contributed by atoms with van der Waals surface area (Å²) in [4.78, 5) is 18.7. The van der Waals surface area contributed by atoms with Crippen molar-refractivity contribution >= 4 is 17.2 Å². The van der Waals surface area contributed by atoms with Gasteiger partial charge in [-0.25, -0.2) is 0 Å². The monoisotopic (exact) mass is 430 g/mol. The maximum absolute atomic E-state index is 13.3. The Balaban J connectivity index is 1.75. The molecule has 1 aliphatic rings. The van der Waals surface area contributed by atoms with E-state index < -0.39 is 6.10 Å². The number of ether oxygens (including phenoxy) is 1. The number of benzene rings is 1. The summed E-state index contributed by atoms with van der Waals surface area (Å²) in [6, 6.07) is 10.0. The van der Waals surface area contributed by atoms with E-state index in [0.29, 0.717) is 32.2 Å². The van der Waals surface area contributed by atoms with Crippen LogP contribution in [-0.2, 0) is 11.2 Å². The van der Waals surface area contributed by atoms with Crippen molar-refractivity contribution in [2.45, 2.75) is 46.3 Å². The van der Waals surface area contributed by atoms with E-state index in [2.05, 4.69) is 30.2 Å². The summed E-state index contributed by atoms with van der Waals surface area (Å²) in [5, 5.41) is 12.0. The van der Waals surface area contributed by atoms with E-state index in [-0.39, 0.29) is 11.9 Å². The van der Waals surface area contributed by atoms with Crippen LogP contribution in [-0.4, -0.2) is 59.7 Å². The molecule has 1 N–H and O–H groups in total. The predicted octanol–water partition coefficient (Wildman–Crippen LogP) is 3.90. The SMILES string of the molecule is Cc1ccccc1OC[C@H]1c2ccsc2CCN1C(=O)CN(CC(C)C)C[C@@H](C)O. The first-order chi connectivity index (χ1) is 14.3. The molecule has 2 aromatic rings. The summed E-state index contributed by atoms with van der Waals surface area (Å²) in [7, 11) is 0. The van der Waals surface area contributed by atoms with Gasteiger partial charge in [0, 0.05) is 24.5 Å². The fourth-order valence-electron chi connectivity index (χ4n) is 4.14. The molecule has 0 aliphatic carbocycles. The first-order valence-corrected chi connectivity index (χ1v) is 11.7. The summed E-state index contributed by atoms with van der Waals surface area (Å²) in [5.41, 5.74) is 2.30. The number of carbonyl (C=O) groups excluding carboxylic acids is 1. The number of aryl methyl sites for hydroxylation is 1. The lowest BCUT2D eigenvalue weighted by atomic mass is 10.00. The second-order valence-electron chi connectivity index (χ2n) is 8.67. The lowest BCUT2D eigenvalue weighted by molar-refractivity contribution is -0.136. The molecule has 1 aromatic carbocycles. The van der Waals surface area contributed by atoms with Crippen molar-refractivity contribution in [2.75, 3.05) is 32.8 Å². The molecule has 0 bridgehead atoms. The molecule has 2 heterocycles. The minimum Gasteiger partial charge on any atom is -0.491 e. The number of aliphatic hydroxyl groups excluding tert-OH is 1. The van der Waals surface area contributed by atoms with Crippen LogP contribution in [0.4, 0.5) is 0 Å². The number of hydrogen-bond acceptors (Lipinski definition) is 5. The highest BCUT2D eigenvalue weighted by molar-refractivity contribution is 7.10. The first kappa shape index (κ1) is 22.8. The number of nitrogens with zero attached hydrogens (tertiary/aromatic N) is 2. The molecule has 2 atom stereocenters. The fourth-order valence-corrected chi connectivity index (χ4v) is 5.07. The molecule has 6 heteroatoms. The number of carbonyl (C=O) groups is 1. The topological polar surface area (TPSA) is 53.0 Å². The van der Waals surface area contributed by atoms with Gasteiger partial charge < -0.3 is 14.7 Å². The Morgan fingerprint density at radius 1 is 1.27 bits per heavy atom. The van der Waals surface area contributed by atoms with Gasteiger partial charge in [0.15, 0.2) is 0 Å². The van der Waals surface area contributed by atoms with Crippen LogP contribution in [0, 0.1) is 12.8 Å². The van der Waals surface area contributed by atoms with Crippen molar-refractivity contribution in [2.24, 2.45) is 5.92 Å². The van der Waals surface area contributed by atoms with Crippen LogP contribution in [0.25, 0.3) is 0 Å². The Hall–Kier alpha value is -1.89. The largest absolute Gasteiger partial charge is 0.491 e. The number of fused-ring (bicyclic) bond motifs is 1. The third-order valence-corrected chi connectivity index (χ3v) is 6.41. The summed E-state index contributed by atoms with van der Waals surface area (Å²) >= 11 is 1.76. The Bertz CT molecular complexity index is 823. The molecular formula is C24H34N2O3S. The molecule has 1 amide bonds. The summed E-state index contributed by atoms with van der Waals surface area (Å²) in [6.07, 6.45) is 0.432. The molecule has 0 radical (unpaired) electrons. The average Bonchev–Trinajstić information content (AvgIpc) is 3.15. The molecule has 0 saturated carbocycles. The van der Waals surface area contributed by atoms with E-state index in [9.17, 15) is 9.90 Å². The van der Waals surface area contributed by atoms with Crippen molar-refractivity contribution in [3.63, 3.8) is 0 Å². The van der Waals surface area contributed by atoms with Gasteiger partial charge in [-0.2, -0.15) is 0 Å². The smallest absolute Gasteiger partial charge is 0.237 e. The minimum absolute atomic E-state index is 0.0837. The minimum atomic E-state index is -0.457. The normalized spacial score (nSPS) is 17.3. The van der Waals surface area contributed by atoms with Crippen molar-refractivity contribution in [1.82, 2.24) is 9.80 Å². The van der Waals surface area contributed by atoms with E-state index in [1.165, 1.54) is 10.4 Å². The van der Waals surface area contributed by atoms with Crippen molar-refractivity contribution in [1.29, 1.82) is 0 Å². The highest BCUT2D eigenvalue weighted by Gasteiger charge is 2.33. The van der Waals surface area contributed by atoms with Gasteiger partial charge in [0.25, 0.3) is 0 Å². The second-order valence-corrected chi connectivity index (χ2v) is 9.67. The molecule has 0 saturated heterocycles. The second kappa shape index (κ2) is 10.4. The van der Waals surface area contributed by atoms with Gasteiger partial charge in [-0.3, -0.25) is 9.69 Å². The molecule has 3 rings (SSSR count). The summed E-state index contributed by atoms with van der Waals surface area (Å²) in [5.74, 6) is 1.40. The van der Waals surface area contributed by atoms with Gasteiger partial charge in [-0.1, -0.05) is 32.0 Å². The van der Waals surface area contributed by atoms with Crippen LogP contribution in [0.2, 0.25) is 0 Å². The van der Waals surface area contributed by atoms with Gasteiger partial charge in [-0.05, 0) is 54.8 Å². The Kier molecular flexibility index (Phi) is 7.92. The van der Waals surface area contributed by atoms with Gasteiger partial charge in [0.1, 0.15) is 12.4 Å². The molecule has 0 fully saturated rings.